The van der Waals surface area contributed by atoms with Crippen LogP contribution in [0.4, 0.5) is 0 Å². The molecule has 1 aromatic heterocycles. The van der Waals surface area contributed by atoms with E-state index in [1.54, 1.807) is 6.26 Å². The highest BCUT2D eigenvalue weighted by atomic mass is 32.2. The third kappa shape index (κ3) is 4.96. The average Bonchev–Trinajstić information content (AvgIpc) is 2.63. The summed E-state index contributed by atoms with van der Waals surface area (Å²) in [6, 6.07) is 3.78. The summed E-state index contributed by atoms with van der Waals surface area (Å²) in [7, 11) is -3.09. The fourth-order valence-corrected chi connectivity index (χ4v) is 1.64. The van der Waals surface area contributed by atoms with Crippen molar-refractivity contribution in [3.05, 3.63) is 24.2 Å². The van der Waals surface area contributed by atoms with Crippen LogP contribution in [0.2, 0.25) is 0 Å². The van der Waals surface area contributed by atoms with Gasteiger partial charge in [-0.15, -0.1) is 0 Å². The highest BCUT2D eigenvalue weighted by Crippen LogP contribution is 2.11. The van der Waals surface area contributed by atoms with Crippen LogP contribution in [0.3, 0.4) is 0 Å². The Morgan fingerprint density at radius 3 is 2.73 bits per heavy atom. The average molecular weight is 232 g/mol. The van der Waals surface area contributed by atoms with Crippen LogP contribution in [-0.2, 0) is 10.0 Å². The SMILES string of the molecule is CC(NCCNS(C)(=O)=O)c1ccco1. The van der Waals surface area contributed by atoms with Gasteiger partial charge in [0.05, 0.1) is 18.6 Å². The lowest BCUT2D eigenvalue weighted by Crippen LogP contribution is -2.32. The third-order valence-electron chi connectivity index (χ3n) is 1.91. The molecule has 0 aromatic carbocycles. The molecule has 0 radical (unpaired) electrons. The van der Waals surface area contributed by atoms with Gasteiger partial charge in [0.25, 0.3) is 0 Å². The molecule has 0 amide bonds. The van der Waals surface area contributed by atoms with Gasteiger partial charge in [0.15, 0.2) is 0 Å². The van der Waals surface area contributed by atoms with Crippen LogP contribution in [0.1, 0.15) is 18.7 Å². The van der Waals surface area contributed by atoms with Crippen LogP contribution in [-0.4, -0.2) is 27.8 Å². The Balaban J connectivity index is 2.21. The largest absolute Gasteiger partial charge is 0.468 e. The molecule has 1 atom stereocenters. The molecule has 0 aliphatic heterocycles. The molecule has 0 saturated carbocycles. The molecule has 1 heterocycles. The molecule has 0 fully saturated rings. The topological polar surface area (TPSA) is 71.3 Å². The summed E-state index contributed by atoms with van der Waals surface area (Å²) < 4.78 is 29.1. The van der Waals surface area contributed by atoms with E-state index in [0.29, 0.717) is 13.1 Å². The molecule has 0 aliphatic rings. The van der Waals surface area contributed by atoms with Crippen molar-refractivity contribution in [2.24, 2.45) is 0 Å². The summed E-state index contributed by atoms with van der Waals surface area (Å²) in [5, 5.41) is 3.14. The van der Waals surface area contributed by atoms with E-state index in [4.69, 9.17) is 4.42 Å². The monoisotopic (exact) mass is 232 g/mol. The summed E-state index contributed by atoms with van der Waals surface area (Å²) in [5.41, 5.74) is 0. The zero-order chi connectivity index (χ0) is 11.3. The number of nitrogens with one attached hydrogen (secondary N) is 2. The summed E-state index contributed by atoms with van der Waals surface area (Å²) in [6.45, 7) is 2.90. The molecular formula is C9H16N2O3S. The predicted octanol–water partition coefficient (Wildman–Crippen LogP) is 0.479. The summed E-state index contributed by atoms with van der Waals surface area (Å²) >= 11 is 0. The van der Waals surface area contributed by atoms with E-state index in [1.165, 1.54) is 0 Å². The second-order valence-electron chi connectivity index (χ2n) is 3.36. The molecule has 5 nitrogen and oxygen atoms in total. The van der Waals surface area contributed by atoms with Crippen molar-refractivity contribution in [3.63, 3.8) is 0 Å². The molecule has 1 rings (SSSR count). The van der Waals surface area contributed by atoms with Crippen molar-refractivity contribution in [1.29, 1.82) is 0 Å². The van der Waals surface area contributed by atoms with E-state index in [-0.39, 0.29) is 6.04 Å². The fourth-order valence-electron chi connectivity index (χ4n) is 1.16. The minimum absolute atomic E-state index is 0.0846. The van der Waals surface area contributed by atoms with Crippen LogP contribution in [0, 0.1) is 0 Å². The fraction of sp³-hybridized carbons (Fsp3) is 0.556. The summed E-state index contributed by atoms with van der Waals surface area (Å²) in [6.07, 6.45) is 2.76. The van der Waals surface area contributed by atoms with Crippen molar-refractivity contribution in [3.8, 4) is 0 Å². The minimum Gasteiger partial charge on any atom is -0.468 e. The van der Waals surface area contributed by atoms with Gasteiger partial charge in [-0.1, -0.05) is 0 Å². The van der Waals surface area contributed by atoms with Crippen molar-refractivity contribution in [2.75, 3.05) is 19.3 Å². The zero-order valence-electron chi connectivity index (χ0n) is 8.86. The highest BCUT2D eigenvalue weighted by molar-refractivity contribution is 7.88. The van der Waals surface area contributed by atoms with Crippen molar-refractivity contribution in [2.45, 2.75) is 13.0 Å². The van der Waals surface area contributed by atoms with Gasteiger partial charge >= 0.3 is 0 Å². The van der Waals surface area contributed by atoms with E-state index in [0.717, 1.165) is 12.0 Å². The Kier molecular flexibility index (Phi) is 4.31. The lowest BCUT2D eigenvalue weighted by atomic mass is 10.2. The van der Waals surface area contributed by atoms with Gasteiger partial charge in [-0.3, -0.25) is 0 Å². The molecule has 1 unspecified atom stereocenters. The Labute approximate surface area is 89.9 Å². The Bertz CT molecular complexity index is 372. The van der Waals surface area contributed by atoms with Crippen molar-refractivity contribution in [1.82, 2.24) is 10.0 Å². The standard InChI is InChI=1S/C9H16N2O3S/c1-8(9-4-3-7-14-9)10-5-6-11-15(2,12)13/h3-4,7-8,10-11H,5-6H2,1-2H3. The number of hydrogen-bond donors (Lipinski definition) is 2. The molecule has 0 saturated heterocycles. The molecular weight excluding hydrogens is 216 g/mol. The predicted molar refractivity (Wildman–Crippen MR) is 58.0 cm³/mol. The number of furan rings is 1. The molecule has 1 aromatic rings. The van der Waals surface area contributed by atoms with Crippen LogP contribution < -0.4 is 10.0 Å². The lowest BCUT2D eigenvalue weighted by molar-refractivity contribution is 0.432. The third-order valence-corrected chi connectivity index (χ3v) is 2.64. The highest BCUT2D eigenvalue weighted by Gasteiger charge is 2.06. The number of hydrogen-bond acceptors (Lipinski definition) is 4. The summed E-state index contributed by atoms with van der Waals surface area (Å²) in [4.78, 5) is 0. The first-order valence-corrected chi connectivity index (χ1v) is 6.59. The first kappa shape index (κ1) is 12.2. The van der Waals surface area contributed by atoms with Gasteiger partial charge < -0.3 is 9.73 Å². The van der Waals surface area contributed by atoms with Crippen molar-refractivity contribution < 1.29 is 12.8 Å². The summed E-state index contributed by atoms with van der Waals surface area (Å²) in [5.74, 6) is 0.842. The smallest absolute Gasteiger partial charge is 0.208 e. The van der Waals surface area contributed by atoms with Crippen molar-refractivity contribution >= 4 is 10.0 Å². The van der Waals surface area contributed by atoms with Gasteiger partial charge in [-0.2, -0.15) is 0 Å². The molecule has 86 valence electrons. The van der Waals surface area contributed by atoms with Crippen LogP contribution >= 0.6 is 0 Å². The van der Waals surface area contributed by atoms with E-state index in [2.05, 4.69) is 10.0 Å². The quantitative estimate of drug-likeness (QED) is 0.700. The molecule has 0 spiro atoms. The molecule has 2 N–H and O–H groups in total. The second kappa shape index (κ2) is 5.29. The van der Waals surface area contributed by atoms with Crippen LogP contribution in [0.15, 0.2) is 22.8 Å². The first-order chi connectivity index (χ1) is 6.99. The van der Waals surface area contributed by atoms with E-state index >= 15 is 0 Å². The van der Waals surface area contributed by atoms with Gasteiger partial charge in [0.2, 0.25) is 10.0 Å². The Hall–Kier alpha value is -0.850. The van der Waals surface area contributed by atoms with Gasteiger partial charge in [0, 0.05) is 13.1 Å². The minimum atomic E-state index is -3.09. The van der Waals surface area contributed by atoms with Crippen LogP contribution in [0.25, 0.3) is 0 Å². The number of sulfonamides is 1. The lowest BCUT2D eigenvalue weighted by Gasteiger charge is -2.10. The Morgan fingerprint density at radius 2 is 2.20 bits per heavy atom. The van der Waals surface area contributed by atoms with E-state index < -0.39 is 10.0 Å². The second-order valence-corrected chi connectivity index (χ2v) is 5.19. The molecule has 15 heavy (non-hydrogen) atoms. The molecule has 6 heteroatoms. The van der Waals surface area contributed by atoms with E-state index in [9.17, 15) is 8.42 Å². The molecule has 0 aliphatic carbocycles. The number of rotatable bonds is 6. The maximum Gasteiger partial charge on any atom is 0.208 e. The zero-order valence-corrected chi connectivity index (χ0v) is 9.67. The Morgan fingerprint density at radius 1 is 1.47 bits per heavy atom. The van der Waals surface area contributed by atoms with Crippen LogP contribution in [0.5, 0.6) is 0 Å². The van der Waals surface area contributed by atoms with Gasteiger partial charge in [-0.25, -0.2) is 13.1 Å². The van der Waals surface area contributed by atoms with E-state index in [1.807, 2.05) is 19.1 Å². The van der Waals surface area contributed by atoms with Gasteiger partial charge in [-0.05, 0) is 19.1 Å². The maximum atomic E-state index is 10.7. The maximum absolute atomic E-state index is 10.7. The molecule has 0 bridgehead atoms. The normalized spacial score (nSPS) is 14.0. The van der Waals surface area contributed by atoms with Gasteiger partial charge in [0.1, 0.15) is 5.76 Å². The first-order valence-electron chi connectivity index (χ1n) is 4.70.